The highest BCUT2D eigenvalue weighted by Gasteiger charge is 2.35. The predicted octanol–water partition coefficient (Wildman–Crippen LogP) is 2.41. The Hall–Kier alpha value is -2.45. The van der Waals surface area contributed by atoms with Gasteiger partial charge in [-0.1, -0.05) is 18.2 Å². The van der Waals surface area contributed by atoms with Crippen LogP contribution >= 0.6 is 0 Å². The third-order valence-corrected chi connectivity index (χ3v) is 6.23. The summed E-state index contributed by atoms with van der Waals surface area (Å²) in [5.74, 6) is 2.79. The Morgan fingerprint density at radius 2 is 2.10 bits per heavy atom. The van der Waals surface area contributed by atoms with Gasteiger partial charge in [0.1, 0.15) is 11.6 Å². The number of ether oxygens (including phenoxy) is 2. The maximum Gasteiger partial charge on any atom is 0.223 e. The molecule has 2 atom stereocenters. The lowest BCUT2D eigenvalue weighted by atomic mass is 9.89. The number of aromatic amines is 1. The van der Waals surface area contributed by atoms with Crippen molar-refractivity contribution in [1.29, 1.82) is 0 Å². The van der Waals surface area contributed by atoms with Crippen molar-refractivity contribution < 1.29 is 14.3 Å². The number of carbonyl (C=O) groups excluding carboxylic acids is 1. The molecule has 1 amide bonds. The number of benzene rings is 1. The third-order valence-electron chi connectivity index (χ3n) is 6.23. The Labute approximate surface area is 183 Å². The van der Waals surface area contributed by atoms with E-state index in [-0.39, 0.29) is 23.8 Å². The molecule has 0 saturated carbocycles. The predicted molar refractivity (Wildman–Crippen MR) is 117 cm³/mol. The highest BCUT2D eigenvalue weighted by Crippen LogP contribution is 2.29. The van der Waals surface area contributed by atoms with Crippen LogP contribution in [0.3, 0.4) is 0 Å². The van der Waals surface area contributed by atoms with Gasteiger partial charge in [-0.15, -0.1) is 0 Å². The second-order valence-corrected chi connectivity index (χ2v) is 8.45. The molecule has 168 valence electrons. The zero-order valence-corrected chi connectivity index (χ0v) is 18.5. The van der Waals surface area contributed by atoms with E-state index in [0.29, 0.717) is 19.8 Å². The zero-order chi connectivity index (χ0) is 21.6. The van der Waals surface area contributed by atoms with Gasteiger partial charge < -0.3 is 14.8 Å². The van der Waals surface area contributed by atoms with Crippen molar-refractivity contribution in [2.45, 2.75) is 51.6 Å². The van der Waals surface area contributed by atoms with Crippen LogP contribution in [-0.2, 0) is 16.1 Å². The van der Waals surface area contributed by atoms with Crippen molar-refractivity contribution in [3.05, 3.63) is 41.5 Å². The van der Waals surface area contributed by atoms with Crippen molar-refractivity contribution in [2.75, 3.05) is 32.9 Å². The SMILES string of the molecule is CCOc1ccccc1CN1CC[C@H](c2n[nH]c(C)n2)[C@H](NC(=O)C2CCOCC2)C1. The molecule has 8 nitrogen and oxygen atoms in total. The Bertz CT molecular complexity index is 864. The molecule has 1 aromatic heterocycles. The molecule has 2 aromatic rings. The van der Waals surface area contributed by atoms with Gasteiger partial charge in [0.05, 0.1) is 12.6 Å². The Morgan fingerprint density at radius 3 is 2.84 bits per heavy atom. The van der Waals surface area contributed by atoms with E-state index in [9.17, 15) is 4.79 Å². The van der Waals surface area contributed by atoms with E-state index in [4.69, 9.17) is 9.47 Å². The van der Waals surface area contributed by atoms with Gasteiger partial charge in [0, 0.05) is 43.7 Å². The summed E-state index contributed by atoms with van der Waals surface area (Å²) in [6.45, 7) is 8.34. The molecule has 2 aliphatic heterocycles. The van der Waals surface area contributed by atoms with Crippen molar-refractivity contribution in [2.24, 2.45) is 5.92 Å². The standard InChI is InChI=1S/C23H33N5O3/c1-3-31-21-7-5-4-6-18(21)14-28-11-8-19(22-24-16(2)26-27-22)20(15-28)25-23(29)17-9-12-30-13-10-17/h4-7,17,19-20H,3,8-15H2,1-2H3,(H,25,29)(H,24,26,27)/t19-,20+/m0/s1. The molecule has 1 aromatic carbocycles. The van der Waals surface area contributed by atoms with Gasteiger partial charge in [-0.25, -0.2) is 4.98 Å². The van der Waals surface area contributed by atoms with Gasteiger partial charge >= 0.3 is 0 Å². The first-order valence-electron chi connectivity index (χ1n) is 11.3. The smallest absolute Gasteiger partial charge is 0.223 e. The highest BCUT2D eigenvalue weighted by atomic mass is 16.5. The molecule has 0 spiro atoms. The van der Waals surface area contributed by atoms with Crippen LogP contribution in [0.5, 0.6) is 5.75 Å². The van der Waals surface area contributed by atoms with Crippen LogP contribution in [0.15, 0.2) is 24.3 Å². The summed E-state index contributed by atoms with van der Waals surface area (Å²) in [5, 5.41) is 10.7. The molecule has 0 aliphatic carbocycles. The molecule has 31 heavy (non-hydrogen) atoms. The molecule has 3 heterocycles. The third kappa shape index (κ3) is 5.43. The molecular formula is C23H33N5O3. The second kappa shape index (κ2) is 10.2. The number of hydrogen-bond donors (Lipinski definition) is 2. The van der Waals surface area contributed by atoms with E-state index in [1.54, 1.807) is 0 Å². The average molecular weight is 428 g/mol. The number of H-pyrrole nitrogens is 1. The fraction of sp³-hybridized carbons (Fsp3) is 0.609. The van der Waals surface area contributed by atoms with E-state index >= 15 is 0 Å². The van der Waals surface area contributed by atoms with Crippen LogP contribution < -0.4 is 10.1 Å². The Kier molecular flexibility index (Phi) is 7.19. The van der Waals surface area contributed by atoms with Gasteiger partial charge in [0.2, 0.25) is 5.91 Å². The lowest BCUT2D eigenvalue weighted by Crippen LogP contribution is -2.53. The van der Waals surface area contributed by atoms with E-state index in [0.717, 1.165) is 56.3 Å². The number of nitrogens with zero attached hydrogens (tertiary/aromatic N) is 3. The molecular weight excluding hydrogens is 394 g/mol. The number of para-hydroxylation sites is 1. The van der Waals surface area contributed by atoms with E-state index in [2.05, 4.69) is 31.5 Å². The molecule has 8 heteroatoms. The van der Waals surface area contributed by atoms with Crippen LogP contribution in [0.25, 0.3) is 0 Å². The number of carbonyl (C=O) groups is 1. The first-order valence-corrected chi connectivity index (χ1v) is 11.3. The first-order chi connectivity index (χ1) is 15.1. The van der Waals surface area contributed by atoms with Crippen LogP contribution in [0.2, 0.25) is 0 Å². The number of aryl methyl sites for hydroxylation is 1. The topological polar surface area (TPSA) is 92.4 Å². The van der Waals surface area contributed by atoms with Crippen LogP contribution in [-0.4, -0.2) is 64.9 Å². The minimum Gasteiger partial charge on any atom is -0.494 e. The summed E-state index contributed by atoms with van der Waals surface area (Å²) in [4.78, 5) is 20.0. The number of rotatable bonds is 7. The highest BCUT2D eigenvalue weighted by molar-refractivity contribution is 5.79. The van der Waals surface area contributed by atoms with Gasteiger partial charge in [-0.05, 0) is 45.7 Å². The van der Waals surface area contributed by atoms with Crippen LogP contribution in [0.1, 0.15) is 49.3 Å². The molecule has 0 unspecified atom stereocenters. The molecule has 4 rings (SSSR count). The summed E-state index contributed by atoms with van der Waals surface area (Å²) in [6, 6.07) is 8.16. The molecule has 2 aliphatic rings. The van der Waals surface area contributed by atoms with Gasteiger partial charge in [-0.3, -0.25) is 14.8 Å². The van der Waals surface area contributed by atoms with E-state index in [1.807, 2.05) is 32.0 Å². The minimum absolute atomic E-state index is 0.0253. The quantitative estimate of drug-likeness (QED) is 0.705. The van der Waals surface area contributed by atoms with Crippen molar-refractivity contribution >= 4 is 5.91 Å². The Balaban J connectivity index is 1.48. The molecule has 0 bridgehead atoms. The fourth-order valence-electron chi connectivity index (χ4n) is 4.58. The summed E-state index contributed by atoms with van der Waals surface area (Å²) < 4.78 is 11.2. The maximum absolute atomic E-state index is 13.0. The van der Waals surface area contributed by atoms with Gasteiger partial charge in [0.25, 0.3) is 0 Å². The van der Waals surface area contributed by atoms with E-state index in [1.165, 1.54) is 5.56 Å². The van der Waals surface area contributed by atoms with Crippen molar-refractivity contribution in [3.8, 4) is 5.75 Å². The van der Waals surface area contributed by atoms with Gasteiger partial charge in [0.15, 0.2) is 5.82 Å². The largest absolute Gasteiger partial charge is 0.494 e. The van der Waals surface area contributed by atoms with E-state index < -0.39 is 0 Å². The molecule has 2 saturated heterocycles. The number of amides is 1. The minimum atomic E-state index is -0.0291. The summed E-state index contributed by atoms with van der Waals surface area (Å²) in [6.07, 6.45) is 2.47. The van der Waals surface area contributed by atoms with Crippen molar-refractivity contribution in [1.82, 2.24) is 25.4 Å². The zero-order valence-electron chi connectivity index (χ0n) is 18.5. The fourth-order valence-corrected chi connectivity index (χ4v) is 4.58. The lowest BCUT2D eigenvalue weighted by molar-refractivity contribution is -0.129. The normalized spacial score (nSPS) is 22.9. The second-order valence-electron chi connectivity index (χ2n) is 8.45. The maximum atomic E-state index is 13.0. The van der Waals surface area contributed by atoms with Gasteiger partial charge in [-0.2, -0.15) is 5.10 Å². The number of hydrogen-bond acceptors (Lipinski definition) is 6. The van der Waals surface area contributed by atoms with Crippen molar-refractivity contribution in [3.63, 3.8) is 0 Å². The first kappa shape index (κ1) is 21.8. The number of likely N-dealkylation sites (tertiary alicyclic amines) is 1. The molecule has 0 radical (unpaired) electrons. The number of aromatic nitrogens is 3. The summed E-state index contributed by atoms with van der Waals surface area (Å²) in [7, 11) is 0. The number of nitrogens with one attached hydrogen (secondary N) is 2. The van der Waals surface area contributed by atoms with Crippen LogP contribution in [0.4, 0.5) is 0 Å². The Morgan fingerprint density at radius 1 is 1.29 bits per heavy atom. The summed E-state index contributed by atoms with van der Waals surface area (Å²) in [5.41, 5.74) is 1.17. The lowest BCUT2D eigenvalue weighted by Gasteiger charge is -2.38. The molecule has 2 fully saturated rings. The summed E-state index contributed by atoms with van der Waals surface area (Å²) >= 11 is 0. The molecule has 2 N–H and O–H groups in total. The monoisotopic (exact) mass is 427 g/mol. The van der Waals surface area contributed by atoms with Crippen LogP contribution in [0, 0.1) is 12.8 Å². The number of piperidine rings is 1. The average Bonchev–Trinajstić information content (AvgIpc) is 3.22.